The minimum Gasteiger partial charge on any atom is -0.396 e. The molecule has 0 spiro atoms. The largest absolute Gasteiger partial charge is 0.396 e. The molecule has 0 saturated carbocycles. The summed E-state index contributed by atoms with van der Waals surface area (Å²) < 4.78 is 0. The van der Waals surface area contributed by atoms with Crippen LogP contribution < -0.4 is 64.2 Å². The van der Waals surface area contributed by atoms with Crippen LogP contribution in [0.25, 0.3) is 0 Å². The SMILES string of the molecule is NCCCNC(=O)Nc1nccnc1C(=O)NC1Cc2ccccc2C1.O=C(NC1Cc2ccccc2C1)c1nccnc1NC(=O)N1CCC(CCO)CC1.O=C(NCCCO)Nc1nccnc1C(=O)NC1Cc2ccccc2C1.O=C(NCc1ccccc1)Nc1nccnc1C(=O)NC1Cc2ccccc2C1. The Morgan fingerprint density at radius 3 is 0.982 bits per heavy atom. The summed E-state index contributed by atoms with van der Waals surface area (Å²) in [5, 5.41) is 48.2. The number of nitrogens with one attached hydrogen (secondary N) is 11. The number of likely N-dealkylation sites (tertiary alicyclic amines) is 1. The van der Waals surface area contributed by atoms with Gasteiger partial charge < -0.3 is 58.1 Å². The quantitative estimate of drug-likeness (QED) is 0.0325. The molecule has 14 rings (SSSR count). The van der Waals surface area contributed by atoms with Crippen LogP contribution in [0.3, 0.4) is 0 Å². The molecule has 5 aliphatic rings. The van der Waals surface area contributed by atoms with E-state index in [0.29, 0.717) is 58.0 Å². The smallest absolute Gasteiger partial charge is 0.323 e. The van der Waals surface area contributed by atoms with E-state index in [4.69, 9.17) is 15.9 Å². The first kappa shape index (κ1) is 79.3. The number of fused-ring (bicyclic) bond motifs is 4. The first-order chi connectivity index (χ1) is 54.2. The van der Waals surface area contributed by atoms with E-state index in [0.717, 1.165) is 76.2 Å². The van der Waals surface area contributed by atoms with Gasteiger partial charge in [0.15, 0.2) is 46.0 Å². The van der Waals surface area contributed by atoms with Crippen LogP contribution in [0.15, 0.2) is 177 Å². The van der Waals surface area contributed by atoms with Gasteiger partial charge in [0.1, 0.15) is 0 Å². The Morgan fingerprint density at radius 1 is 0.369 bits per heavy atom. The average molecular weight is 1510 g/mol. The van der Waals surface area contributed by atoms with Gasteiger partial charge in [-0.2, -0.15) is 0 Å². The number of aliphatic hydroxyl groups excluding tert-OH is 2. The fourth-order valence-electron chi connectivity index (χ4n) is 13.6. The molecule has 111 heavy (non-hydrogen) atoms. The number of carbonyl (C=O) groups is 8. The van der Waals surface area contributed by atoms with Gasteiger partial charge in [0.2, 0.25) is 0 Å². The van der Waals surface area contributed by atoms with Crippen LogP contribution >= 0.6 is 0 Å². The summed E-state index contributed by atoms with van der Waals surface area (Å²) in [6, 6.07) is 40.5. The summed E-state index contributed by atoms with van der Waals surface area (Å²) in [5.41, 5.74) is 16.7. The van der Waals surface area contributed by atoms with E-state index in [1.807, 2.05) is 78.9 Å². The lowest BCUT2D eigenvalue weighted by atomic mass is 9.94. The van der Waals surface area contributed by atoms with Crippen molar-refractivity contribution in [3.8, 4) is 0 Å². The van der Waals surface area contributed by atoms with Crippen LogP contribution in [-0.2, 0) is 57.9 Å². The lowest BCUT2D eigenvalue weighted by molar-refractivity contribution is 0.0925. The monoisotopic (exact) mass is 1510 g/mol. The molecule has 4 aromatic heterocycles. The van der Waals surface area contributed by atoms with Crippen molar-refractivity contribution in [3.63, 3.8) is 0 Å². The van der Waals surface area contributed by atoms with Crippen LogP contribution in [0.2, 0.25) is 0 Å². The topological polar surface area (TPSA) is 442 Å². The van der Waals surface area contributed by atoms with Gasteiger partial charge in [-0.25, -0.2) is 59.0 Å². The maximum Gasteiger partial charge on any atom is 0.323 e. The van der Waals surface area contributed by atoms with E-state index in [1.54, 1.807) is 4.90 Å². The van der Waals surface area contributed by atoms with Crippen LogP contribution in [-0.4, -0.2) is 173 Å². The molecule has 1 saturated heterocycles. The number of amides is 12. The van der Waals surface area contributed by atoms with Gasteiger partial charge in [-0.15, -0.1) is 0 Å². The Labute approximate surface area is 641 Å². The van der Waals surface area contributed by atoms with Crippen molar-refractivity contribution in [2.45, 2.75) is 114 Å². The predicted octanol–water partition coefficient (Wildman–Crippen LogP) is 6.42. The highest BCUT2D eigenvalue weighted by Gasteiger charge is 2.31. The Balaban J connectivity index is 0.000000147. The third kappa shape index (κ3) is 23.1. The molecule has 1 aliphatic heterocycles. The Morgan fingerprint density at radius 2 is 0.667 bits per heavy atom. The molecular weight excluding hydrogens is 1420 g/mol. The summed E-state index contributed by atoms with van der Waals surface area (Å²) in [5.74, 6) is -0.430. The second-order valence-corrected chi connectivity index (χ2v) is 27.1. The normalized spacial score (nSPS) is 14.1. The third-order valence-corrected chi connectivity index (χ3v) is 19.1. The molecule has 31 nitrogen and oxygen atoms in total. The van der Waals surface area contributed by atoms with E-state index in [-0.39, 0.29) is 113 Å². The number of rotatable bonds is 22. The standard InChI is InChI=1S/C22H27N5O3.C22H21N5O2.C18H22N6O2.C18H21N5O3/c28-12-7-15-5-10-27(11-6-15)22(30)26-20-19(23-8-9-24-20)21(29)25-18-13-16-3-1-2-4-17(16)14-18;28-21(26-18-12-16-8-4-5-9-17(16)13-18)19-20(24-11-10-23-19)27-22(29)25-14-15-6-2-1-3-7-15;19-6-3-7-22-18(26)24-16-15(20-8-9-21-16)17(25)23-14-10-12-4-1-2-5-13(12)11-14;24-9-3-6-21-18(26)23-16-15(19-7-8-20-16)17(25)22-14-10-12-4-1-2-5-13(12)11-14/h1-4,8-9,15,18,28H,5-7,10-14H2,(H,25,29)(H,24,26,30);1-11,18H,12-14H2,(H,26,28)(H2,24,25,27,29);1-2,4-5,8-9,14H,3,6-7,10-11,19H2,(H,23,25)(H2,21,22,24,26);1-2,4-5,7-8,14,24H,3,6,9-11H2,(H,22,25)(H2,20,21,23,26). The van der Waals surface area contributed by atoms with Gasteiger partial charge >= 0.3 is 24.1 Å². The van der Waals surface area contributed by atoms with E-state index in [9.17, 15) is 38.4 Å². The van der Waals surface area contributed by atoms with Crippen LogP contribution in [0.4, 0.5) is 42.4 Å². The first-order valence-electron chi connectivity index (χ1n) is 37.1. The molecule has 0 bridgehead atoms. The lowest BCUT2D eigenvalue weighted by Gasteiger charge is -2.31. The summed E-state index contributed by atoms with van der Waals surface area (Å²) in [7, 11) is 0. The third-order valence-electron chi connectivity index (χ3n) is 19.1. The number of anilines is 4. The Hall–Kier alpha value is -12.7. The van der Waals surface area contributed by atoms with Crippen molar-refractivity contribution in [3.05, 3.63) is 250 Å². The molecule has 5 aromatic carbocycles. The van der Waals surface area contributed by atoms with Gasteiger partial charge in [-0.05, 0) is 146 Å². The fraction of sp³-hybridized carbons (Fsp3) is 0.325. The number of nitrogens with zero attached hydrogens (tertiary/aromatic N) is 9. The van der Waals surface area contributed by atoms with Gasteiger partial charge in [0.05, 0.1) is 0 Å². The molecule has 12 amide bonds. The molecule has 0 atom stereocenters. The molecule has 9 aromatic rings. The highest BCUT2D eigenvalue weighted by Crippen LogP contribution is 2.28. The summed E-state index contributed by atoms with van der Waals surface area (Å²) in [6.07, 6.45) is 21.3. The van der Waals surface area contributed by atoms with Gasteiger partial charge in [-0.3, -0.25) is 40.4 Å². The van der Waals surface area contributed by atoms with E-state index < -0.39 is 18.1 Å². The number of benzene rings is 5. The number of urea groups is 4. The van der Waals surface area contributed by atoms with Crippen molar-refractivity contribution in [1.82, 2.24) is 82.0 Å². The highest BCUT2D eigenvalue weighted by molar-refractivity contribution is 6.03. The zero-order valence-corrected chi connectivity index (χ0v) is 61.2. The maximum absolute atomic E-state index is 12.8. The lowest BCUT2D eigenvalue weighted by Crippen LogP contribution is -2.42. The summed E-state index contributed by atoms with van der Waals surface area (Å²) >= 11 is 0. The van der Waals surface area contributed by atoms with Crippen LogP contribution in [0.5, 0.6) is 0 Å². The minimum absolute atomic E-state index is 0.00154. The molecule has 0 unspecified atom stereocenters. The van der Waals surface area contributed by atoms with Gasteiger partial charge in [-0.1, -0.05) is 127 Å². The second-order valence-electron chi connectivity index (χ2n) is 27.1. The van der Waals surface area contributed by atoms with Crippen molar-refractivity contribution in [1.29, 1.82) is 0 Å². The number of aliphatic hydroxyl groups is 2. The average Bonchev–Trinajstić information content (AvgIpc) is 1.33. The zero-order valence-electron chi connectivity index (χ0n) is 61.2. The van der Waals surface area contributed by atoms with Gasteiger partial charge in [0.25, 0.3) is 23.6 Å². The Bertz CT molecular complexity index is 4450. The summed E-state index contributed by atoms with van der Waals surface area (Å²) in [4.78, 5) is 134. The molecule has 0 radical (unpaired) electrons. The number of hydrogen-bond acceptors (Lipinski definition) is 19. The number of aromatic nitrogens is 8. The summed E-state index contributed by atoms with van der Waals surface area (Å²) in [6.45, 7) is 3.05. The maximum atomic E-state index is 12.8. The molecular formula is C80H91N21O10. The predicted molar refractivity (Wildman–Crippen MR) is 415 cm³/mol. The van der Waals surface area contributed by atoms with E-state index in [1.165, 1.54) is 94.1 Å². The van der Waals surface area contributed by atoms with E-state index >= 15 is 0 Å². The fourth-order valence-corrected chi connectivity index (χ4v) is 13.6. The van der Waals surface area contributed by atoms with Crippen molar-refractivity contribution < 1.29 is 48.6 Å². The van der Waals surface area contributed by atoms with Crippen LogP contribution in [0, 0.1) is 5.92 Å². The zero-order chi connectivity index (χ0) is 77.7. The van der Waals surface area contributed by atoms with Crippen molar-refractivity contribution in [2.24, 2.45) is 11.7 Å². The minimum atomic E-state index is -0.499. The Kier molecular flexibility index (Phi) is 28.9. The number of hydrogen-bond donors (Lipinski definition) is 14. The number of carbonyl (C=O) groups excluding carboxylic acids is 8. The molecule has 5 heterocycles. The molecule has 576 valence electrons. The van der Waals surface area contributed by atoms with Gasteiger partial charge in [0, 0.05) is 120 Å². The first-order valence-corrected chi connectivity index (χ1v) is 37.1. The molecule has 31 heteroatoms. The number of piperidine rings is 1. The number of nitrogens with two attached hydrogens (primary N) is 1. The van der Waals surface area contributed by atoms with Crippen molar-refractivity contribution >= 4 is 71.0 Å². The van der Waals surface area contributed by atoms with Crippen LogP contribution in [0.1, 0.15) is 124 Å². The highest BCUT2D eigenvalue weighted by atomic mass is 16.3. The molecule has 4 aliphatic carbocycles. The van der Waals surface area contributed by atoms with E-state index in [2.05, 4.69) is 147 Å². The van der Waals surface area contributed by atoms with Crippen molar-refractivity contribution in [2.75, 3.05) is 67.2 Å². The second kappa shape index (κ2) is 40.5. The molecule has 1 fully saturated rings. The molecule has 15 N–H and O–H groups in total.